The number of amides is 2. The molecule has 0 unspecified atom stereocenters. The van der Waals surface area contributed by atoms with Crippen LogP contribution in [0.4, 0.5) is 5.69 Å². The molecule has 2 amide bonds. The molecule has 5 nitrogen and oxygen atoms in total. The topological polar surface area (TPSA) is 67.4 Å². The molecule has 2 heterocycles. The Balaban J connectivity index is 1.52. The number of carbonyl (C=O) groups excluding carboxylic acids is 2. The van der Waals surface area contributed by atoms with E-state index in [9.17, 15) is 9.59 Å². The molecular weight excluding hydrogens is 280 g/mol. The van der Waals surface area contributed by atoms with Gasteiger partial charge in [0.1, 0.15) is 0 Å². The van der Waals surface area contributed by atoms with Gasteiger partial charge in [-0.1, -0.05) is 6.07 Å². The number of carbonyl (C=O) groups is 2. The molecule has 2 N–H and O–H groups in total. The zero-order valence-corrected chi connectivity index (χ0v) is 12.5. The van der Waals surface area contributed by atoms with E-state index in [-0.39, 0.29) is 23.3 Å². The second-order valence-corrected chi connectivity index (χ2v) is 6.60. The number of ether oxygens (including phenoxy) is 1. The summed E-state index contributed by atoms with van der Waals surface area (Å²) in [6, 6.07) is 5.72. The van der Waals surface area contributed by atoms with Crippen LogP contribution < -0.4 is 10.6 Å². The van der Waals surface area contributed by atoms with Gasteiger partial charge in [-0.15, -0.1) is 0 Å². The lowest BCUT2D eigenvalue weighted by Crippen LogP contribution is -2.57. The molecule has 1 saturated heterocycles. The molecule has 1 aromatic rings. The smallest absolute Gasteiger partial charge is 0.251 e. The van der Waals surface area contributed by atoms with E-state index in [1.54, 1.807) is 0 Å². The van der Waals surface area contributed by atoms with Gasteiger partial charge in [0.25, 0.3) is 5.91 Å². The van der Waals surface area contributed by atoms with Crippen molar-refractivity contribution in [2.45, 2.75) is 38.1 Å². The molecule has 1 atom stereocenters. The second-order valence-electron chi connectivity index (χ2n) is 6.60. The Bertz CT molecular complexity index is 635. The van der Waals surface area contributed by atoms with Crippen LogP contribution in [0.1, 0.15) is 41.6 Å². The third-order valence-electron chi connectivity index (χ3n) is 5.50. The Hall–Kier alpha value is -1.88. The first kappa shape index (κ1) is 13.8. The summed E-state index contributed by atoms with van der Waals surface area (Å²) in [5.41, 5.74) is 2.46. The normalized spacial score (nSPS) is 25.3. The molecule has 3 aliphatic rings. The van der Waals surface area contributed by atoms with Gasteiger partial charge in [-0.05, 0) is 48.8 Å². The molecule has 0 radical (unpaired) electrons. The maximum Gasteiger partial charge on any atom is 0.251 e. The summed E-state index contributed by atoms with van der Waals surface area (Å²) >= 11 is 0. The third-order valence-corrected chi connectivity index (χ3v) is 5.50. The van der Waals surface area contributed by atoms with Crippen LogP contribution in [0.15, 0.2) is 18.2 Å². The Morgan fingerprint density at radius 3 is 2.82 bits per heavy atom. The quantitative estimate of drug-likeness (QED) is 0.876. The minimum absolute atomic E-state index is 0.0419. The Kier molecular flexibility index (Phi) is 3.18. The summed E-state index contributed by atoms with van der Waals surface area (Å²) < 4.78 is 5.45. The molecule has 2 fully saturated rings. The highest BCUT2D eigenvalue weighted by Crippen LogP contribution is 2.48. The van der Waals surface area contributed by atoms with Crippen molar-refractivity contribution >= 4 is 17.5 Å². The van der Waals surface area contributed by atoms with E-state index in [1.165, 1.54) is 6.42 Å². The Morgan fingerprint density at radius 2 is 2.09 bits per heavy atom. The summed E-state index contributed by atoms with van der Waals surface area (Å²) in [5.74, 6) is -0.0938. The summed E-state index contributed by atoms with van der Waals surface area (Å²) in [7, 11) is 0. The van der Waals surface area contributed by atoms with E-state index in [0.717, 1.165) is 43.7 Å². The van der Waals surface area contributed by atoms with Crippen molar-refractivity contribution < 1.29 is 14.3 Å². The number of hydrogen-bond donors (Lipinski definition) is 2. The minimum atomic E-state index is -0.0519. The van der Waals surface area contributed by atoms with E-state index in [2.05, 4.69) is 10.6 Å². The van der Waals surface area contributed by atoms with Crippen LogP contribution in [-0.4, -0.2) is 31.1 Å². The highest BCUT2D eigenvalue weighted by molar-refractivity contribution is 6.05. The average Bonchev–Trinajstić information content (AvgIpc) is 2.92. The highest BCUT2D eigenvalue weighted by Gasteiger charge is 2.48. The Morgan fingerprint density at radius 1 is 1.27 bits per heavy atom. The third kappa shape index (κ3) is 2.11. The molecule has 0 bridgehead atoms. The van der Waals surface area contributed by atoms with Crippen LogP contribution in [0, 0.1) is 5.41 Å². The number of fused-ring (bicyclic) bond motifs is 1. The first-order valence-corrected chi connectivity index (χ1v) is 7.98. The number of anilines is 1. The van der Waals surface area contributed by atoms with Gasteiger partial charge in [0.2, 0.25) is 5.91 Å². The molecule has 1 aromatic carbocycles. The van der Waals surface area contributed by atoms with E-state index in [4.69, 9.17) is 4.74 Å². The van der Waals surface area contributed by atoms with Gasteiger partial charge in [0.15, 0.2) is 0 Å². The second kappa shape index (κ2) is 5.09. The SMILES string of the molecule is O=C1Cc2c(cccc2C(=O)N[C@H]2CCC23CCOCC3)N1. The van der Waals surface area contributed by atoms with Crippen molar-refractivity contribution in [1.29, 1.82) is 0 Å². The molecule has 116 valence electrons. The summed E-state index contributed by atoms with van der Waals surface area (Å²) in [4.78, 5) is 24.2. The molecule has 0 aromatic heterocycles. The minimum Gasteiger partial charge on any atom is -0.381 e. The Labute approximate surface area is 129 Å². The predicted octanol–water partition coefficient (Wildman–Crippen LogP) is 1.87. The van der Waals surface area contributed by atoms with Crippen molar-refractivity contribution in [2.75, 3.05) is 18.5 Å². The molecule has 1 spiro atoms. The number of hydrogen-bond acceptors (Lipinski definition) is 3. The van der Waals surface area contributed by atoms with Crippen molar-refractivity contribution in [3.8, 4) is 0 Å². The lowest BCUT2D eigenvalue weighted by molar-refractivity contribution is -0.115. The fourth-order valence-electron chi connectivity index (χ4n) is 4.00. The van der Waals surface area contributed by atoms with Gasteiger partial charge in [0.05, 0.1) is 6.42 Å². The molecule has 2 aliphatic heterocycles. The highest BCUT2D eigenvalue weighted by atomic mass is 16.5. The van der Waals surface area contributed by atoms with Crippen LogP contribution in [-0.2, 0) is 16.0 Å². The number of rotatable bonds is 2. The molecule has 5 heteroatoms. The summed E-state index contributed by atoms with van der Waals surface area (Å²) in [5, 5.41) is 6.00. The number of benzene rings is 1. The van der Waals surface area contributed by atoms with Crippen LogP contribution in [0.3, 0.4) is 0 Å². The van der Waals surface area contributed by atoms with Gasteiger partial charge in [-0.3, -0.25) is 9.59 Å². The fraction of sp³-hybridized carbons (Fsp3) is 0.529. The van der Waals surface area contributed by atoms with Crippen LogP contribution in [0.5, 0.6) is 0 Å². The monoisotopic (exact) mass is 300 g/mol. The lowest BCUT2D eigenvalue weighted by Gasteiger charge is -2.52. The molecular formula is C17H20N2O3. The molecule has 1 aliphatic carbocycles. The van der Waals surface area contributed by atoms with E-state index in [1.807, 2.05) is 18.2 Å². The van der Waals surface area contributed by atoms with Crippen molar-refractivity contribution in [3.05, 3.63) is 29.3 Å². The van der Waals surface area contributed by atoms with Gasteiger partial charge in [-0.25, -0.2) is 0 Å². The van der Waals surface area contributed by atoms with Crippen molar-refractivity contribution in [3.63, 3.8) is 0 Å². The van der Waals surface area contributed by atoms with Crippen LogP contribution >= 0.6 is 0 Å². The zero-order valence-electron chi connectivity index (χ0n) is 12.5. The standard InChI is InChI=1S/C17H20N2O3/c20-15-10-12-11(2-1-3-13(12)18-15)16(21)19-14-4-5-17(14)6-8-22-9-7-17/h1-3,14H,4-10H2,(H,18,20)(H,19,21)/t14-/m0/s1. The molecule has 4 rings (SSSR count). The summed E-state index contributed by atoms with van der Waals surface area (Å²) in [6.45, 7) is 1.59. The first-order chi connectivity index (χ1) is 10.7. The maximum absolute atomic E-state index is 12.7. The fourth-order valence-corrected chi connectivity index (χ4v) is 4.00. The lowest BCUT2D eigenvalue weighted by atomic mass is 9.60. The first-order valence-electron chi connectivity index (χ1n) is 7.98. The van der Waals surface area contributed by atoms with Crippen LogP contribution in [0.25, 0.3) is 0 Å². The van der Waals surface area contributed by atoms with Crippen molar-refractivity contribution in [2.24, 2.45) is 5.41 Å². The van der Waals surface area contributed by atoms with Gasteiger partial charge >= 0.3 is 0 Å². The van der Waals surface area contributed by atoms with Crippen LogP contribution in [0.2, 0.25) is 0 Å². The van der Waals surface area contributed by atoms with E-state index < -0.39 is 0 Å². The van der Waals surface area contributed by atoms with Gasteiger partial charge < -0.3 is 15.4 Å². The molecule has 1 saturated carbocycles. The van der Waals surface area contributed by atoms with Gasteiger partial charge in [-0.2, -0.15) is 0 Å². The average molecular weight is 300 g/mol. The van der Waals surface area contributed by atoms with E-state index >= 15 is 0 Å². The van der Waals surface area contributed by atoms with Crippen molar-refractivity contribution in [1.82, 2.24) is 5.32 Å². The predicted molar refractivity (Wildman–Crippen MR) is 81.7 cm³/mol. The van der Waals surface area contributed by atoms with E-state index in [0.29, 0.717) is 12.0 Å². The number of nitrogens with one attached hydrogen (secondary N) is 2. The largest absolute Gasteiger partial charge is 0.381 e. The maximum atomic E-state index is 12.7. The zero-order chi connectivity index (χ0) is 15.2. The molecule has 22 heavy (non-hydrogen) atoms. The van der Waals surface area contributed by atoms with Gasteiger partial charge in [0, 0.05) is 30.5 Å². The summed E-state index contributed by atoms with van der Waals surface area (Å²) in [6.07, 6.45) is 4.57.